The summed E-state index contributed by atoms with van der Waals surface area (Å²) in [6.07, 6.45) is 12.0. The van der Waals surface area contributed by atoms with Gasteiger partial charge in [0.1, 0.15) is 0 Å². The predicted molar refractivity (Wildman–Crippen MR) is 261 cm³/mol. The molecule has 0 unspecified atom stereocenters. The molecule has 2 aliphatic carbocycles. The van der Waals surface area contributed by atoms with Gasteiger partial charge in [0, 0.05) is 124 Å². The summed E-state index contributed by atoms with van der Waals surface area (Å²) in [6, 6.07) is 12.5. The maximum atomic E-state index is 13.7. The Kier molecular flexibility index (Phi) is 16.6. The third-order valence-corrected chi connectivity index (χ3v) is 13.9. The molecule has 16 heteroatoms. The van der Waals surface area contributed by atoms with Crippen molar-refractivity contribution in [2.45, 2.75) is 90.1 Å². The second-order valence-corrected chi connectivity index (χ2v) is 18.3. The number of rotatable bonds is 16. The number of aromatic nitrogens is 2. The van der Waals surface area contributed by atoms with Crippen molar-refractivity contribution in [3.05, 3.63) is 96.4 Å². The maximum absolute atomic E-state index is 13.7. The summed E-state index contributed by atoms with van der Waals surface area (Å²) >= 11 is 0. The van der Waals surface area contributed by atoms with E-state index in [9.17, 15) is 28.8 Å². The number of carbonyl (C=O) groups is 6. The van der Waals surface area contributed by atoms with Gasteiger partial charge >= 0.3 is 24.0 Å². The highest BCUT2D eigenvalue weighted by atomic mass is 16.5. The largest absolute Gasteiger partial charge is 0.466 e. The van der Waals surface area contributed by atoms with Crippen molar-refractivity contribution in [2.24, 2.45) is 11.8 Å². The minimum atomic E-state index is -0.397. The first-order valence-corrected chi connectivity index (χ1v) is 24.2. The van der Waals surface area contributed by atoms with Crippen LogP contribution in [0.5, 0.6) is 0 Å². The van der Waals surface area contributed by atoms with Gasteiger partial charge in [-0.1, -0.05) is 36.4 Å². The quantitative estimate of drug-likeness (QED) is 0.0557. The molecule has 68 heavy (non-hydrogen) atoms. The Morgan fingerprint density at radius 2 is 1.09 bits per heavy atom. The summed E-state index contributed by atoms with van der Waals surface area (Å²) in [4.78, 5) is 89.2. The molecule has 364 valence electrons. The highest BCUT2D eigenvalue weighted by Crippen LogP contribution is 2.46. The van der Waals surface area contributed by atoms with Crippen molar-refractivity contribution in [3.8, 4) is 0 Å². The Bertz CT molecular complexity index is 2330. The number of amides is 6. The second-order valence-electron chi connectivity index (χ2n) is 18.3. The molecule has 4 aliphatic rings. The molecule has 2 saturated heterocycles. The lowest BCUT2D eigenvalue weighted by molar-refractivity contribution is -0.142. The summed E-state index contributed by atoms with van der Waals surface area (Å²) in [6.45, 7) is 18.4. The van der Waals surface area contributed by atoms with Crippen LogP contribution in [0.4, 0.5) is 9.59 Å². The number of nitrogens with one attached hydrogen (secondary N) is 4. The van der Waals surface area contributed by atoms with Gasteiger partial charge in [-0.25, -0.2) is 9.59 Å². The summed E-state index contributed by atoms with van der Waals surface area (Å²) in [7, 11) is 0. The fraction of sp³-hybridized carbons (Fsp3) is 0.500. The van der Waals surface area contributed by atoms with Crippen LogP contribution in [0.15, 0.2) is 74.1 Å². The number of imide groups is 2. The number of benzene rings is 2. The molecule has 0 spiro atoms. The second kappa shape index (κ2) is 22.7. The van der Waals surface area contributed by atoms with E-state index in [1.165, 1.54) is 56.7 Å². The molecule has 0 bridgehead atoms. The maximum Gasteiger partial charge on any atom is 0.324 e. The number of likely N-dealkylation sites (tertiary alicyclic amines) is 2. The number of H-pyrrole nitrogens is 2. The summed E-state index contributed by atoms with van der Waals surface area (Å²) in [5, 5.41) is 8.07. The van der Waals surface area contributed by atoms with Crippen molar-refractivity contribution >= 4 is 57.6 Å². The van der Waals surface area contributed by atoms with Gasteiger partial charge in [0.25, 0.3) is 0 Å². The van der Waals surface area contributed by atoms with Gasteiger partial charge in [0.05, 0.1) is 25.0 Å². The van der Waals surface area contributed by atoms with E-state index in [2.05, 4.69) is 92.4 Å². The molecule has 2 aromatic heterocycles. The van der Waals surface area contributed by atoms with Crippen LogP contribution in [-0.4, -0.2) is 143 Å². The normalized spacial score (nSPS) is 21.5. The predicted octanol–water partition coefficient (Wildman–Crippen LogP) is 6.39. The lowest BCUT2D eigenvalue weighted by Crippen LogP contribution is -2.55. The van der Waals surface area contributed by atoms with Gasteiger partial charge in [-0.2, -0.15) is 0 Å². The standard InChI is InChI=1S/2C26H34N4O4/c2*1-4-10-29-16-19(25(32)30(26(33)27-5-2)11-7-12-34-17(3)31)13-21-20-8-6-9-22-24(20)18(15-28-22)14-23(21)29/h2*4,6,8-9,15,19,21,23,28H,1,5,7,10-14,16H2,2-3H3,(H,27,33)/t2*19-,21-,23-/m11/s1. The zero-order valence-corrected chi connectivity index (χ0v) is 40.0. The van der Waals surface area contributed by atoms with E-state index in [-0.39, 0.29) is 85.8 Å². The van der Waals surface area contributed by atoms with Crippen molar-refractivity contribution in [2.75, 3.05) is 65.6 Å². The number of fused-ring (bicyclic) bond motifs is 4. The Balaban J connectivity index is 0.000000201. The number of hydrogen-bond acceptors (Lipinski definition) is 10. The number of nitrogens with zero attached hydrogens (tertiary/aromatic N) is 4. The Labute approximate surface area is 398 Å². The van der Waals surface area contributed by atoms with Crippen molar-refractivity contribution in [3.63, 3.8) is 0 Å². The van der Waals surface area contributed by atoms with E-state index in [0.29, 0.717) is 65.0 Å². The van der Waals surface area contributed by atoms with Gasteiger partial charge in [0.2, 0.25) is 11.8 Å². The number of piperidine rings is 2. The van der Waals surface area contributed by atoms with E-state index in [1.807, 2.05) is 26.0 Å². The number of esters is 2. The van der Waals surface area contributed by atoms with Crippen LogP contribution in [0, 0.1) is 11.8 Å². The zero-order valence-electron chi connectivity index (χ0n) is 40.0. The highest BCUT2D eigenvalue weighted by Gasteiger charge is 2.45. The lowest BCUT2D eigenvalue weighted by atomic mass is 9.72. The SMILES string of the molecule is C=CCN1C[C@H](C(=O)N(CCCOC(C)=O)C(=O)NCC)C[C@@H]2c3cccc4[nH]cc(c34)C[C@H]21.C=CCN1C[C@H](C(=O)N(CCCOC(C)=O)C(=O)NCC)C[C@@H]2c3cccc4[nH]cc(c34)C[C@H]21. The van der Waals surface area contributed by atoms with Gasteiger partial charge in [-0.15, -0.1) is 13.2 Å². The van der Waals surface area contributed by atoms with Crippen LogP contribution >= 0.6 is 0 Å². The van der Waals surface area contributed by atoms with Gasteiger partial charge in [-0.05, 0) is 86.8 Å². The molecule has 4 aromatic rings. The molecule has 4 heterocycles. The van der Waals surface area contributed by atoms with Crippen LogP contribution in [0.25, 0.3) is 21.8 Å². The fourth-order valence-corrected chi connectivity index (χ4v) is 11.1. The average Bonchev–Trinajstić information content (AvgIpc) is 3.94. The summed E-state index contributed by atoms with van der Waals surface area (Å²) < 4.78 is 10.0. The van der Waals surface area contributed by atoms with E-state index in [1.54, 1.807) is 0 Å². The first kappa shape index (κ1) is 49.6. The zero-order chi connectivity index (χ0) is 48.5. The molecule has 8 rings (SSSR count). The number of ether oxygens (including phenoxy) is 2. The van der Waals surface area contributed by atoms with Gasteiger partial charge in [-0.3, -0.25) is 38.8 Å². The molecular weight excluding hydrogens is 865 g/mol. The van der Waals surface area contributed by atoms with E-state index >= 15 is 0 Å². The highest BCUT2D eigenvalue weighted by molar-refractivity contribution is 5.97. The van der Waals surface area contributed by atoms with Crippen LogP contribution in [0.1, 0.15) is 87.5 Å². The number of aromatic amines is 2. The number of hydrogen-bond donors (Lipinski definition) is 4. The van der Waals surface area contributed by atoms with E-state index in [0.717, 1.165) is 23.9 Å². The van der Waals surface area contributed by atoms with E-state index < -0.39 is 12.1 Å². The topological polar surface area (TPSA) is 189 Å². The Morgan fingerprint density at radius 3 is 1.46 bits per heavy atom. The molecule has 2 aromatic carbocycles. The third-order valence-electron chi connectivity index (χ3n) is 13.9. The van der Waals surface area contributed by atoms with Gasteiger partial charge in [0.15, 0.2) is 0 Å². The molecular formula is C52H68N8O8. The van der Waals surface area contributed by atoms with Crippen LogP contribution < -0.4 is 10.6 Å². The molecule has 2 fully saturated rings. The minimum Gasteiger partial charge on any atom is -0.466 e. The van der Waals surface area contributed by atoms with Crippen molar-refractivity contribution < 1.29 is 38.2 Å². The third kappa shape index (κ3) is 10.9. The van der Waals surface area contributed by atoms with Crippen molar-refractivity contribution in [1.82, 2.24) is 40.2 Å². The molecule has 6 atom stereocenters. The smallest absolute Gasteiger partial charge is 0.324 e. The van der Waals surface area contributed by atoms with Crippen molar-refractivity contribution in [1.29, 1.82) is 0 Å². The summed E-state index contributed by atoms with van der Waals surface area (Å²) in [5.74, 6) is -1.31. The van der Waals surface area contributed by atoms with E-state index in [4.69, 9.17) is 9.47 Å². The Hall–Kier alpha value is -6.26. The van der Waals surface area contributed by atoms with Gasteiger partial charge < -0.3 is 30.1 Å². The number of carbonyl (C=O) groups excluding carboxylic acids is 6. The van der Waals surface area contributed by atoms with Crippen LogP contribution in [0.3, 0.4) is 0 Å². The molecule has 16 nitrogen and oxygen atoms in total. The first-order chi connectivity index (χ1) is 32.9. The molecule has 6 amide bonds. The molecule has 2 aliphatic heterocycles. The lowest BCUT2D eigenvalue weighted by Gasteiger charge is -2.47. The van der Waals surface area contributed by atoms with Crippen LogP contribution in [0.2, 0.25) is 0 Å². The first-order valence-electron chi connectivity index (χ1n) is 24.2. The fourth-order valence-electron chi connectivity index (χ4n) is 11.1. The molecule has 0 radical (unpaired) electrons. The monoisotopic (exact) mass is 933 g/mol. The average molecular weight is 933 g/mol. The Morgan fingerprint density at radius 1 is 0.676 bits per heavy atom. The molecule has 4 N–H and O–H groups in total. The molecule has 0 saturated carbocycles. The van der Waals surface area contributed by atoms with Crippen LogP contribution in [-0.2, 0) is 41.5 Å². The minimum absolute atomic E-state index is 0.173. The summed E-state index contributed by atoms with van der Waals surface area (Å²) in [5.41, 5.74) is 7.44. The number of urea groups is 2.